The Kier molecular flexibility index (Phi) is 7.50. The van der Waals surface area contributed by atoms with E-state index in [1.165, 1.54) is 0 Å². The SMILES string of the molecule is CC/C=C\C(=N)COC(=O)C1=C(C)NC2=C(C(=O)C[C@H](c3ccccc3OC)C2)C1c1cccc2[nH]ccc12. The molecule has 1 aromatic heterocycles. The molecule has 2 aliphatic rings. The van der Waals surface area contributed by atoms with Gasteiger partial charge < -0.3 is 25.2 Å². The van der Waals surface area contributed by atoms with Crippen LogP contribution in [0.3, 0.4) is 0 Å². The molecule has 1 aliphatic carbocycles. The first kappa shape index (κ1) is 26.2. The van der Waals surface area contributed by atoms with E-state index in [1.54, 1.807) is 13.2 Å². The Balaban J connectivity index is 1.57. The highest BCUT2D eigenvalue weighted by molar-refractivity contribution is 6.06. The number of nitrogens with one attached hydrogen (secondary N) is 3. The number of ether oxygens (including phenoxy) is 2. The Bertz CT molecular complexity index is 1540. The zero-order valence-electron chi connectivity index (χ0n) is 22.5. The van der Waals surface area contributed by atoms with Gasteiger partial charge in [-0.2, -0.15) is 0 Å². The Morgan fingerprint density at radius 2 is 1.90 bits per heavy atom. The smallest absolute Gasteiger partial charge is 0.337 e. The topological polar surface area (TPSA) is 104 Å². The van der Waals surface area contributed by atoms with Crippen LogP contribution >= 0.6 is 0 Å². The molecular formula is C32H33N3O4. The third kappa shape index (κ3) is 5.04. The maximum absolute atomic E-state index is 14.0. The molecule has 0 saturated heterocycles. The molecular weight excluding hydrogens is 490 g/mol. The highest BCUT2D eigenvalue weighted by Gasteiger charge is 2.42. The summed E-state index contributed by atoms with van der Waals surface area (Å²) in [7, 11) is 1.64. The third-order valence-electron chi connectivity index (χ3n) is 7.48. The largest absolute Gasteiger partial charge is 0.496 e. The predicted octanol–water partition coefficient (Wildman–Crippen LogP) is 6.07. The molecule has 7 heteroatoms. The molecule has 2 atom stereocenters. The van der Waals surface area contributed by atoms with E-state index in [2.05, 4.69) is 10.3 Å². The molecule has 0 saturated carbocycles. The first-order valence-corrected chi connectivity index (χ1v) is 13.3. The minimum absolute atomic E-state index is 0.00591. The van der Waals surface area contributed by atoms with Crippen molar-refractivity contribution in [3.8, 4) is 5.75 Å². The number of aromatic nitrogens is 1. The number of fused-ring (bicyclic) bond motifs is 1. The molecule has 1 aliphatic heterocycles. The summed E-state index contributed by atoms with van der Waals surface area (Å²) in [6.07, 6.45) is 7.09. The van der Waals surface area contributed by atoms with Crippen molar-refractivity contribution in [3.63, 3.8) is 0 Å². The van der Waals surface area contributed by atoms with Crippen LogP contribution in [-0.4, -0.2) is 36.2 Å². The maximum Gasteiger partial charge on any atom is 0.337 e. The standard InChI is InChI=1S/C32H33N3O4/c1-4-5-9-21(33)18-39-32(37)29-19(2)35-26-16-20(22-10-6-7-13-28(22)38-3)17-27(36)31(26)30(29)24-11-8-12-25-23(24)14-15-34-25/h5-15,20,30,33-35H,4,16-18H2,1-3H3/b9-5-,33-21?/t20-,30?/m1/s1. The number of hydrogen-bond acceptors (Lipinski definition) is 6. The molecule has 200 valence electrons. The number of Topliss-reactive ketones (excluding diaryl/α,β-unsaturated/α-hetero) is 1. The first-order chi connectivity index (χ1) is 18.9. The normalized spacial score (nSPS) is 19.3. The monoisotopic (exact) mass is 523 g/mol. The van der Waals surface area contributed by atoms with Gasteiger partial charge in [0.15, 0.2) is 5.78 Å². The molecule has 39 heavy (non-hydrogen) atoms. The summed E-state index contributed by atoms with van der Waals surface area (Å²) in [5, 5.41) is 12.4. The van der Waals surface area contributed by atoms with Crippen molar-refractivity contribution in [1.82, 2.24) is 10.3 Å². The van der Waals surface area contributed by atoms with Gasteiger partial charge >= 0.3 is 5.97 Å². The Labute approximate surface area is 228 Å². The summed E-state index contributed by atoms with van der Waals surface area (Å²) in [6, 6.07) is 15.7. The minimum Gasteiger partial charge on any atom is -0.496 e. The van der Waals surface area contributed by atoms with E-state index in [-0.39, 0.29) is 24.0 Å². The number of allylic oxidation sites excluding steroid dienone is 4. The predicted molar refractivity (Wildman–Crippen MR) is 152 cm³/mol. The summed E-state index contributed by atoms with van der Waals surface area (Å²) in [4.78, 5) is 30.8. The molecule has 5 rings (SSSR count). The number of esters is 1. The number of methoxy groups -OCH3 is 1. The molecule has 0 fully saturated rings. The van der Waals surface area contributed by atoms with Crippen molar-refractivity contribution < 1.29 is 19.1 Å². The van der Waals surface area contributed by atoms with Crippen LogP contribution in [0.2, 0.25) is 0 Å². The number of benzene rings is 2. The fraction of sp³-hybridized carbons (Fsp3) is 0.281. The van der Waals surface area contributed by atoms with Crippen molar-refractivity contribution >= 4 is 28.4 Å². The summed E-state index contributed by atoms with van der Waals surface area (Å²) in [6.45, 7) is 3.70. The number of H-pyrrole nitrogens is 1. The third-order valence-corrected chi connectivity index (χ3v) is 7.48. The number of para-hydroxylation sites is 1. The van der Waals surface area contributed by atoms with Crippen LogP contribution in [0.15, 0.2) is 89.4 Å². The number of carbonyl (C=O) groups excluding carboxylic acids is 2. The lowest BCUT2D eigenvalue weighted by Gasteiger charge is -2.37. The van der Waals surface area contributed by atoms with E-state index in [4.69, 9.17) is 14.9 Å². The van der Waals surface area contributed by atoms with Gasteiger partial charge in [0.1, 0.15) is 12.4 Å². The van der Waals surface area contributed by atoms with Crippen LogP contribution in [0.4, 0.5) is 0 Å². The van der Waals surface area contributed by atoms with Crippen molar-refractivity contribution in [2.75, 3.05) is 13.7 Å². The lowest BCUT2D eigenvalue weighted by molar-refractivity contribution is -0.137. The molecule has 3 N–H and O–H groups in total. The van der Waals surface area contributed by atoms with Crippen LogP contribution in [0, 0.1) is 5.41 Å². The molecule has 0 bridgehead atoms. The van der Waals surface area contributed by atoms with Gasteiger partial charge in [-0.3, -0.25) is 4.79 Å². The van der Waals surface area contributed by atoms with E-state index >= 15 is 0 Å². The van der Waals surface area contributed by atoms with Crippen molar-refractivity contribution in [2.24, 2.45) is 0 Å². The number of rotatable bonds is 8. The van der Waals surface area contributed by atoms with Gasteiger partial charge in [0.05, 0.1) is 18.4 Å². The van der Waals surface area contributed by atoms with Crippen LogP contribution in [0.1, 0.15) is 56.1 Å². The summed E-state index contributed by atoms with van der Waals surface area (Å²) in [5.41, 5.74) is 5.50. The molecule has 3 aromatic rings. The lowest BCUT2D eigenvalue weighted by Crippen LogP contribution is -2.36. The lowest BCUT2D eigenvalue weighted by atomic mass is 9.71. The number of aromatic amines is 1. The highest BCUT2D eigenvalue weighted by Crippen LogP contribution is 2.48. The zero-order chi connectivity index (χ0) is 27.5. The quantitative estimate of drug-likeness (QED) is 0.246. The second-order valence-corrected chi connectivity index (χ2v) is 9.96. The van der Waals surface area contributed by atoms with Crippen LogP contribution in [0.5, 0.6) is 5.75 Å². The molecule has 2 aromatic carbocycles. The van der Waals surface area contributed by atoms with Gasteiger partial charge in [-0.25, -0.2) is 4.79 Å². The summed E-state index contributed by atoms with van der Waals surface area (Å²) in [5.74, 6) is -0.401. The van der Waals surface area contributed by atoms with Crippen molar-refractivity contribution in [3.05, 3.63) is 101 Å². The minimum atomic E-state index is -0.584. The molecule has 0 radical (unpaired) electrons. The Morgan fingerprint density at radius 3 is 2.69 bits per heavy atom. The van der Waals surface area contributed by atoms with Crippen molar-refractivity contribution in [1.29, 1.82) is 5.41 Å². The van der Waals surface area contributed by atoms with Crippen LogP contribution < -0.4 is 10.1 Å². The zero-order valence-corrected chi connectivity index (χ0v) is 22.5. The number of carbonyl (C=O) groups is 2. The first-order valence-electron chi connectivity index (χ1n) is 13.3. The second kappa shape index (κ2) is 11.2. The molecule has 0 spiro atoms. The average Bonchev–Trinajstić information content (AvgIpc) is 3.43. The van der Waals surface area contributed by atoms with Gasteiger partial charge in [0.2, 0.25) is 0 Å². The van der Waals surface area contributed by atoms with Gasteiger partial charge in [-0.15, -0.1) is 0 Å². The molecule has 2 heterocycles. The van der Waals surface area contributed by atoms with Gasteiger partial charge in [0, 0.05) is 52.3 Å². The van der Waals surface area contributed by atoms with E-state index < -0.39 is 11.9 Å². The van der Waals surface area contributed by atoms with E-state index in [9.17, 15) is 9.59 Å². The van der Waals surface area contributed by atoms with Gasteiger partial charge in [0.25, 0.3) is 0 Å². The van der Waals surface area contributed by atoms with Gasteiger partial charge in [-0.1, -0.05) is 43.3 Å². The maximum atomic E-state index is 14.0. The average molecular weight is 524 g/mol. The van der Waals surface area contributed by atoms with Crippen molar-refractivity contribution in [2.45, 2.75) is 44.9 Å². The van der Waals surface area contributed by atoms with E-state index in [1.807, 2.05) is 74.7 Å². The van der Waals surface area contributed by atoms with Crippen LogP contribution in [0.25, 0.3) is 10.9 Å². The van der Waals surface area contributed by atoms with E-state index in [0.29, 0.717) is 29.7 Å². The fourth-order valence-electron chi connectivity index (χ4n) is 5.73. The Hall–Kier alpha value is -4.39. The summed E-state index contributed by atoms with van der Waals surface area (Å²) >= 11 is 0. The van der Waals surface area contributed by atoms with Gasteiger partial charge in [-0.05, 0) is 55.2 Å². The summed E-state index contributed by atoms with van der Waals surface area (Å²) < 4.78 is 11.2. The highest BCUT2D eigenvalue weighted by atomic mass is 16.5. The molecule has 0 amide bonds. The molecule has 7 nitrogen and oxygen atoms in total. The molecule has 1 unspecified atom stereocenters. The Morgan fingerprint density at radius 1 is 1.10 bits per heavy atom. The number of hydrogen-bond donors (Lipinski definition) is 3. The fourth-order valence-corrected chi connectivity index (χ4v) is 5.73. The number of dihydropyridines is 1. The van der Waals surface area contributed by atoms with Crippen LogP contribution in [-0.2, 0) is 14.3 Å². The number of ketones is 1. The van der Waals surface area contributed by atoms with E-state index in [0.717, 1.165) is 39.9 Å². The second-order valence-electron chi connectivity index (χ2n) is 9.96.